The molecule has 0 atom stereocenters. The van der Waals surface area contributed by atoms with Crippen molar-refractivity contribution in [3.63, 3.8) is 0 Å². The molecule has 0 spiro atoms. The molecule has 2 heterocycles. The molecule has 1 aromatic heterocycles. The second kappa shape index (κ2) is 9.29. The number of nitrogens with zero attached hydrogens (tertiary/aromatic N) is 2. The number of morpholine rings is 1. The van der Waals surface area contributed by atoms with Crippen molar-refractivity contribution in [2.24, 2.45) is 0 Å². The van der Waals surface area contributed by atoms with E-state index >= 15 is 0 Å². The first-order valence-electron chi connectivity index (χ1n) is 8.44. The predicted octanol–water partition coefficient (Wildman–Crippen LogP) is 2.88. The highest BCUT2D eigenvalue weighted by molar-refractivity contribution is 7.09. The van der Waals surface area contributed by atoms with Gasteiger partial charge < -0.3 is 10.1 Å². The quantitative estimate of drug-likeness (QED) is 0.803. The molecule has 1 aliphatic rings. The maximum atomic E-state index is 12.0. The number of amides is 1. The molecule has 0 bridgehead atoms. The highest BCUT2D eigenvalue weighted by Crippen LogP contribution is 2.17. The maximum Gasteiger partial charge on any atom is 0.220 e. The number of thiazole rings is 1. The van der Waals surface area contributed by atoms with Gasteiger partial charge in [0.1, 0.15) is 5.01 Å². The summed E-state index contributed by atoms with van der Waals surface area (Å²) in [6.45, 7) is 4.81. The van der Waals surface area contributed by atoms with Crippen LogP contribution in [0.2, 0.25) is 5.02 Å². The number of carbonyl (C=O) groups excluding carboxylic acids is 1. The van der Waals surface area contributed by atoms with Crippen LogP contribution >= 0.6 is 22.9 Å². The van der Waals surface area contributed by atoms with E-state index in [1.54, 1.807) is 11.3 Å². The number of nitrogens with one attached hydrogen (secondary N) is 1. The summed E-state index contributed by atoms with van der Waals surface area (Å²) in [6, 6.07) is 7.63. The molecule has 1 aliphatic heterocycles. The normalized spacial score (nSPS) is 15.2. The fourth-order valence-corrected chi connectivity index (χ4v) is 3.66. The van der Waals surface area contributed by atoms with Crippen molar-refractivity contribution in [3.05, 3.63) is 50.9 Å². The lowest BCUT2D eigenvalue weighted by Crippen LogP contribution is -2.35. The van der Waals surface area contributed by atoms with Crippen LogP contribution in [0, 0.1) is 0 Å². The zero-order valence-corrected chi connectivity index (χ0v) is 15.6. The Balaban J connectivity index is 1.40. The Kier molecular flexibility index (Phi) is 6.81. The number of benzene rings is 1. The number of aromatic nitrogens is 1. The molecule has 1 amide bonds. The Hall–Kier alpha value is -1.47. The summed E-state index contributed by atoms with van der Waals surface area (Å²) in [5.74, 6) is 0.0184. The first kappa shape index (κ1) is 18.3. The molecule has 0 unspecified atom stereocenters. The number of ether oxygens (including phenoxy) is 1. The van der Waals surface area contributed by atoms with Crippen LogP contribution < -0.4 is 5.32 Å². The zero-order chi connectivity index (χ0) is 17.5. The summed E-state index contributed by atoms with van der Waals surface area (Å²) in [5.41, 5.74) is 2.06. The van der Waals surface area contributed by atoms with Crippen molar-refractivity contribution in [2.75, 3.05) is 26.3 Å². The molecule has 5 nitrogen and oxygen atoms in total. The number of hydrogen-bond acceptors (Lipinski definition) is 5. The summed E-state index contributed by atoms with van der Waals surface area (Å²) >= 11 is 7.70. The van der Waals surface area contributed by atoms with Crippen molar-refractivity contribution in [1.29, 1.82) is 0 Å². The fourth-order valence-electron chi connectivity index (χ4n) is 2.70. The summed E-state index contributed by atoms with van der Waals surface area (Å²) in [7, 11) is 0. The molecule has 0 aliphatic carbocycles. The minimum absolute atomic E-state index is 0.0184. The highest BCUT2D eigenvalue weighted by Gasteiger charge is 2.13. The van der Waals surface area contributed by atoms with Gasteiger partial charge >= 0.3 is 0 Å². The van der Waals surface area contributed by atoms with Crippen LogP contribution in [0.3, 0.4) is 0 Å². The van der Waals surface area contributed by atoms with Gasteiger partial charge in [-0.15, -0.1) is 11.3 Å². The van der Waals surface area contributed by atoms with Gasteiger partial charge in [0, 0.05) is 36.5 Å². The first-order chi connectivity index (χ1) is 12.2. The molecule has 1 fully saturated rings. The van der Waals surface area contributed by atoms with Crippen LogP contribution in [0.25, 0.3) is 0 Å². The Morgan fingerprint density at radius 2 is 2.12 bits per heavy atom. The molecule has 25 heavy (non-hydrogen) atoms. The summed E-state index contributed by atoms with van der Waals surface area (Å²) in [5, 5.41) is 6.66. The fraction of sp³-hybridized carbons (Fsp3) is 0.444. The number of hydrogen-bond donors (Lipinski definition) is 1. The van der Waals surface area contributed by atoms with Gasteiger partial charge in [0.2, 0.25) is 5.91 Å². The lowest BCUT2D eigenvalue weighted by Gasteiger charge is -2.25. The number of aryl methyl sites for hydroxylation is 1. The second-order valence-corrected chi connectivity index (χ2v) is 7.34. The number of carbonyl (C=O) groups is 1. The Morgan fingerprint density at radius 1 is 1.32 bits per heavy atom. The molecule has 3 rings (SSSR count). The van der Waals surface area contributed by atoms with Gasteiger partial charge in [0.15, 0.2) is 0 Å². The monoisotopic (exact) mass is 379 g/mol. The number of rotatable bonds is 7. The highest BCUT2D eigenvalue weighted by atomic mass is 35.5. The molecule has 2 aromatic rings. The van der Waals surface area contributed by atoms with E-state index in [-0.39, 0.29) is 5.91 Å². The molecule has 0 radical (unpaired) electrons. The van der Waals surface area contributed by atoms with Crippen molar-refractivity contribution in [1.82, 2.24) is 15.2 Å². The van der Waals surface area contributed by atoms with Crippen molar-refractivity contribution < 1.29 is 9.53 Å². The predicted molar refractivity (Wildman–Crippen MR) is 99.8 cm³/mol. The standard InChI is InChI=1S/C18H22ClN3O2S/c19-16-4-2-1-3-14(16)5-6-17(23)20-11-18-21-15(13-25-18)12-22-7-9-24-10-8-22/h1-4,13H,5-12H2,(H,20,23). The molecule has 1 N–H and O–H groups in total. The van der Waals surface area contributed by atoms with Crippen LogP contribution in [0.15, 0.2) is 29.6 Å². The van der Waals surface area contributed by atoms with E-state index in [0.717, 1.165) is 49.1 Å². The SMILES string of the molecule is O=C(CCc1ccccc1Cl)NCc1nc(CN2CCOCC2)cs1. The largest absolute Gasteiger partial charge is 0.379 e. The van der Waals surface area contributed by atoms with Crippen molar-refractivity contribution >= 4 is 28.8 Å². The van der Waals surface area contributed by atoms with Crippen LogP contribution in [-0.2, 0) is 29.0 Å². The van der Waals surface area contributed by atoms with Crippen LogP contribution in [0.4, 0.5) is 0 Å². The molecule has 1 saturated heterocycles. The molecule has 134 valence electrons. The van der Waals surface area contributed by atoms with Crippen LogP contribution in [0.5, 0.6) is 0 Å². The Morgan fingerprint density at radius 3 is 2.92 bits per heavy atom. The average Bonchev–Trinajstić information content (AvgIpc) is 3.07. The van der Waals surface area contributed by atoms with E-state index in [1.807, 2.05) is 24.3 Å². The van der Waals surface area contributed by atoms with Crippen LogP contribution in [-0.4, -0.2) is 42.1 Å². The van der Waals surface area contributed by atoms with Crippen molar-refractivity contribution in [2.45, 2.75) is 25.9 Å². The minimum Gasteiger partial charge on any atom is -0.379 e. The van der Waals surface area contributed by atoms with Gasteiger partial charge in [-0.25, -0.2) is 4.98 Å². The molecule has 1 aromatic carbocycles. The third kappa shape index (κ3) is 5.78. The minimum atomic E-state index is 0.0184. The molecule has 7 heteroatoms. The van der Waals surface area contributed by atoms with Gasteiger partial charge in [0.25, 0.3) is 0 Å². The van der Waals surface area contributed by atoms with Crippen molar-refractivity contribution in [3.8, 4) is 0 Å². The molecular formula is C18H22ClN3O2S. The Labute approximate surface area is 157 Å². The third-order valence-corrected chi connectivity index (χ3v) is 5.37. The lowest BCUT2D eigenvalue weighted by molar-refractivity contribution is -0.121. The van der Waals surface area contributed by atoms with E-state index in [0.29, 0.717) is 24.4 Å². The first-order valence-corrected chi connectivity index (χ1v) is 9.70. The zero-order valence-electron chi connectivity index (χ0n) is 14.0. The molecule has 0 saturated carbocycles. The number of halogens is 1. The third-order valence-electron chi connectivity index (χ3n) is 4.10. The maximum absolute atomic E-state index is 12.0. The smallest absolute Gasteiger partial charge is 0.220 e. The van der Waals surface area contributed by atoms with Gasteiger partial charge in [-0.2, -0.15) is 0 Å². The second-order valence-electron chi connectivity index (χ2n) is 5.99. The van der Waals surface area contributed by atoms with E-state index < -0.39 is 0 Å². The van der Waals surface area contributed by atoms with E-state index in [1.165, 1.54) is 0 Å². The van der Waals surface area contributed by atoms with E-state index in [9.17, 15) is 4.79 Å². The van der Waals surface area contributed by atoms with Gasteiger partial charge in [-0.05, 0) is 18.1 Å². The summed E-state index contributed by atoms with van der Waals surface area (Å²) in [4.78, 5) is 19.0. The van der Waals surface area contributed by atoms with Gasteiger partial charge in [0.05, 0.1) is 25.5 Å². The molecular weight excluding hydrogens is 358 g/mol. The van der Waals surface area contributed by atoms with Crippen LogP contribution in [0.1, 0.15) is 22.7 Å². The van der Waals surface area contributed by atoms with E-state index in [2.05, 4.69) is 20.6 Å². The topological polar surface area (TPSA) is 54.5 Å². The lowest BCUT2D eigenvalue weighted by atomic mass is 10.1. The average molecular weight is 380 g/mol. The van der Waals surface area contributed by atoms with E-state index in [4.69, 9.17) is 16.3 Å². The van der Waals surface area contributed by atoms with Gasteiger partial charge in [-0.1, -0.05) is 29.8 Å². The van der Waals surface area contributed by atoms with Gasteiger partial charge in [-0.3, -0.25) is 9.69 Å². The summed E-state index contributed by atoms with van der Waals surface area (Å²) in [6.07, 6.45) is 1.07. The Bertz CT molecular complexity index is 701. The summed E-state index contributed by atoms with van der Waals surface area (Å²) < 4.78 is 5.35.